The Balaban J connectivity index is 1.15. The van der Waals surface area contributed by atoms with E-state index in [-0.39, 0.29) is 5.91 Å². The van der Waals surface area contributed by atoms with Crippen LogP contribution in [0, 0.1) is 5.92 Å². The van der Waals surface area contributed by atoms with E-state index >= 15 is 0 Å². The van der Waals surface area contributed by atoms with Crippen LogP contribution < -0.4 is 15.5 Å². The predicted octanol–water partition coefficient (Wildman–Crippen LogP) is 4.24. The van der Waals surface area contributed by atoms with E-state index < -0.39 is 0 Å². The minimum atomic E-state index is -0.0864. The van der Waals surface area contributed by atoms with Gasteiger partial charge in [0.05, 0.1) is 5.52 Å². The minimum Gasteiger partial charge on any atom is -0.377 e. The lowest BCUT2D eigenvalue weighted by Crippen LogP contribution is -2.34. The highest BCUT2D eigenvalue weighted by Crippen LogP contribution is 2.30. The Morgan fingerprint density at radius 1 is 1.00 bits per heavy atom. The maximum atomic E-state index is 12.5. The van der Waals surface area contributed by atoms with Crippen molar-refractivity contribution in [1.82, 2.24) is 20.6 Å². The molecule has 0 atom stereocenters. The summed E-state index contributed by atoms with van der Waals surface area (Å²) < 4.78 is 4.70. The van der Waals surface area contributed by atoms with Crippen molar-refractivity contribution >= 4 is 39.3 Å². The molecule has 0 radical (unpaired) electrons. The van der Waals surface area contributed by atoms with Gasteiger partial charge in [0, 0.05) is 49.4 Å². The minimum absolute atomic E-state index is 0.0864. The van der Waals surface area contributed by atoms with Crippen LogP contribution in [0.2, 0.25) is 0 Å². The van der Waals surface area contributed by atoms with Gasteiger partial charge in [0.1, 0.15) is 16.9 Å². The summed E-state index contributed by atoms with van der Waals surface area (Å²) in [5, 5.41) is 15.5. The third kappa shape index (κ3) is 4.60. The zero-order chi connectivity index (χ0) is 22.8. The number of carbonyl (C=O) groups is 1. The molecule has 0 aliphatic heterocycles. The normalized spacial score (nSPS) is 18.4. The molecule has 2 aromatic carbocycles. The van der Waals surface area contributed by atoms with Crippen LogP contribution >= 0.6 is 0 Å². The number of carbonyl (C=O) groups excluding carboxylic acids is 1. The average molecular weight is 445 g/mol. The van der Waals surface area contributed by atoms with Crippen molar-refractivity contribution in [2.24, 2.45) is 5.92 Å². The molecule has 1 aliphatic rings. The van der Waals surface area contributed by atoms with Gasteiger partial charge in [-0.25, -0.2) is 9.61 Å². The van der Waals surface area contributed by atoms with Crippen LogP contribution in [0.25, 0.3) is 21.9 Å². The smallest absolute Gasteiger partial charge is 0.251 e. The zero-order valence-electron chi connectivity index (χ0n) is 18.9. The van der Waals surface area contributed by atoms with Crippen molar-refractivity contribution in [1.29, 1.82) is 0 Å². The second-order valence-electron chi connectivity index (χ2n) is 8.98. The summed E-state index contributed by atoms with van der Waals surface area (Å²) in [7, 11) is 4.12. The van der Waals surface area contributed by atoms with Crippen LogP contribution in [-0.2, 0) is 0 Å². The number of para-hydroxylation sites is 1. The summed E-state index contributed by atoms with van der Waals surface area (Å²) in [6.45, 7) is 0.680. The van der Waals surface area contributed by atoms with Gasteiger partial charge in [0.2, 0.25) is 0 Å². The molecule has 0 unspecified atom stereocenters. The summed E-state index contributed by atoms with van der Waals surface area (Å²) in [4.78, 5) is 19.5. The Bertz CT molecular complexity index is 1280. The molecule has 1 amide bonds. The van der Waals surface area contributed by atoms with Gasteiger partial charge in [-0.1, -0.05) is 18.2 Å². The van der Waals surface area contributed by atoms with E-state index in [9.17, 15) is 4.79 Å². The summed E-state index contributed by atoms with van der Waals surface area (Å²) >= 11 is 0. The summed E-state index contributed by atoms with van der Waals surface area (Å²) in [5.41, 5.74) is 3.99. The maximum Gasteiger partial charge on any atom is 0.251 e. The van der Waals surface area contributed by atoms with Crippen LogP contribution in [0.4, 0.5) is 11.5 Å². The summed E-state index contributed by atoms with van der Waals surface area (Å²) in [6, 6.07) is 16.0. The monoisotopic (exact) mass is 444 g/mol. The molecular weight excluding hydrogens is 416 g/mol. The second-order valence-corrected chi connectivity index (χ2v) is 8.98. The third-order valence-electron chi connectivity index (χ3n) is 6.44. The van der Waals surface area contributed by atoms with E-state index in [1.807, 2.05) is 12.1 Å². The van der Waals surface area contributed by atoms with Gasteiger partial charge in [-0.05, 0) is 66.2 Å². The number of nitrogens with zero attached hydrogens (tertiary/aromatic N) is 4. The first-order chi connectivity index (χ1) is 16.1. The third-order valence-corrected chi connectivity index (χ3v) is 6.44. The molecule has 1 saturated carbocycles. The molecule has 4 aromatic rings. The number of anilines is 2. The molecule has 2 heterocycles. The van der Waals surface area contributed by atoms with Crippen LogP contribution in [0.5, 0.6) is 0 Å². The van der Waals surface area contributed by atoms with Gasteiger partial charge in [0.25, 0.3) is 5.91 Å². The number of benzene rings is 2. The first-order valence-corrected chi connectivity index (χ1v) is 11.4. The Morgan fingerprint density at radius 3 is 2.61 bits per heavy atom. The molecule has 170 valence electrons. The first kappa shape index (κ1) is 21.2. The van der Waals surface area contributed by atoms with Crippen molar-refractivity contribution in [2.45, 2.75) is 31.7 Å². The highest BCUT2D eigenvalue weighted by molar-refractivity contribution is 5.97. The molecule has 1 aliphatic carbocycles. The van der Waals surface area contributed by atoms with E-state index in [1.165, 1.54) is 5.69 Å². The molecule has 33 heavy (non-hydrogen) atoms. The lowest BCUT2D eigenvalue weighted by atomic mass is 9.86. The maximum absolute atomic E-state index is 12.5. The Kier molecular flexibility index (Phi) is 5.81. The highest BCUT2D eigenvalue weighted by Gasteiger charge is 2.22. The Morgan fingerprint density at radius 2 is 1.79 bits per heavy atom. The van der Waals surface area contributed by atoms with Crippen molar-refractivity contribution in [3.8, 4) is 0 Å². The number of hydrogen-bond acceptors (Lipinski definition) is 7. The number of fused-ring (bicyclic) bond motifs is 2. The van der Waals surface area contributed by atoms with Gasteiger partial charge in [-0.2, -0.15) is 0 Å². The van der Waals surface area contributed by atoms with E-state index in [1.54, 1.807) is 18.2 Å². The molecule has 0 spiro atoms. The largest absolute Gasteiger partial charge is 0.377 e. The summed E-state index contributed by atoms with van der Waals surface area (Å²) in [5.74, 6) is 1.31. The number of hydrogen-bond donors (Lipinski definition) is 2. The Labute approximate surface area is 192 Å². The molecule has 0 bridgehead atoms. The SMILES string of the molecule is CN(C)c1cc(NC2CCC(CNC(=O)c3ccc4nonc4c3)CC2)nc2ccccc12. The molecule has 8 heteroatoms. The van der Waals surface area contributed by atoms with Crippen molar-refractivity contribution in [3.63, 3.8) is 0 Å². The molecule has 0 saturated heterocycles. The fourth-order valence-electron chi connectivity index (χ4n) is 4.58. The fraction of sp³-hybridized carbons (Fsp3) is 0.360. The topological polar surface area (TPSA) is 96.2 Å². The van der Waals surface area contributed by atoms with E-state index in [0.29, 0.717) is 35.1 Å². The van der Waals surface area contributed by atoms with Crippen LogP contribution in [0.15, 0.2) is 53.2 Å². The molecule has 2 N–H and O–H groups in total. The van der Waals surface area contributed by atoms with Crippen LogP contribution in [0.3, 0.4) is 0 Å². The molecule has 8 nitrogen and oxygen atoms in total. The quantitative estimate of drug-likeness (QED) is 0.459. The van der Waals surface area contributed by atoms with Crippen molar-refractivity contribution in [3.05, 3.63) is 54.1 Å². The predicted molar refractivity (Wildman–Crippen MR) is 130 cm³/mol. The number of rotatable bonds is 6. The molecule has 1 fully saturated rings. The lowest BCUT2D eigenvalue weighted by molar-refractivity contribution is 0.0943. The van der Waals surface area contributed by atoms with Crippen molar-refractivity contribution in [2.75, 3.05) is 30.9 Å². The average Bonchev–Trinajstić information content (AvgIpc) is 3.31. The standard InChI is InChI=1S/C25H28N6O2/c1-31(2)23-14-24(28-20-6-4-3-5-19(20)23)27-18-10-7-16(8-11-18)15-26-25(32)17-9-12-21-22(13-17)30-33-29-21/h3-6,9,12-14,16,18H,7-8,10-11,15H2,1-2H3,(H,26,32)(H,27,28). The van der Waals surface area contributed by atoms with Gasteiger partial charge < -0.3 is 15.5 Å². The van der Waals surface area contributed by atoms with E-state index in [2.05, 4.69) is 58.1 Å². The number of nitrogens with one attached hydrogen (secondary N) is 2. The second kappa shape index (κ2) is 9.05. The number of pyridine rings is 1. The van der Waals surface area contributed by atoms with Gasteiger partial charge in [0.15, 0.2) is 0 Å². The molecule has 2 aromatic heterocycles. The highest BCUT2D eigenvalue weighted by atomic mass is 16.6. The van der Waals surface area contributed by atoms with E-state index in [0.717, 1.165) is 42.4 Å². The van der Waals surface area contributed by atoms with Gasteiger partial charge in [-0.3, -0.25) is 4.79 Å². The number of aromatic nitrogens is 3. The van der Waals surface area contributed by atoms with Gasteiger partial charge in [-0.15, -0.1) is 0 Å². The van der Waals surface area contributed by atoms with Crippen molar-refractivity contribution < 1.29 is 9.42 Å². The lowest BCUT2D eigenvalue weighted by Gasteiger charge is -2.30. The Hall–Kier alpha value is -3.68. The van der Waals surface area contributed by atoms with Crippen LogP contribution in [0.1, 0.15) is 36.0 Å². The summed E-state index contributed by atoms with van der Waals surface area (Å²) in [6.07, 6.45) is 4.25. The first-order valence-electron chi connectivity index (χ1n) is 11.4. The number of amides is 1. The zero-order valence-corrected chi connectivity index (χ0v) is 18.9. The van der Waals surface area contributed by atoms with Gasteiger partial charge >= 0.3 is 0 Å². The molecular formula is C25H28N6O2. The fourth-order valence-corrected chi connectivity index (χ4v) is 4.58. The molecule has 5 rings (SSSR count). The van der Waals surface area contributed by atoms with Crippen LogP contribution in [-0.4, -0.2) is 47.9 Å². The van der Waals surface area contributed by atoms with E-state index in [4.69, 9.17) is 9.61 Å².